The second kappa shape index (κ2) is 4.10. The zero-order valence-corrected chi connectivity index (χ0v) is 9.82. The van der Waals surface area contributed by atoms with Gasteiger partial charge in [0.1, 0.15) is 0 Å². The summed E-state index contributed by atoms with van der Waals surface area (Å²) in [6, 6.07) is 9.81. The van der Waals surface area contributed by atoms with Gasteiger partial charge in [-0.3, -0.25) is 0 Å². The van der Waals surface area contributed by atoms with E-state index in [1.165, 1.54) is 4.88 Å². The number of aryl methyl sites for hydroxylation is 1. The first-order chi connectivity index (χ1) is 7.20. The summed E-state index contributed by atoms with van der Waals surface area (Å²) in [7, 11) is 0. The van der Waals surface area contributed by atoms with Gasteiger partial charge in [0.2, 0.25) is 0 Å². The van der Waals surface area contributed by atoms with Crippen LogP contribution in [-0.2, 0) is 0 Å². The van der Waals surface area contributed by atoms with E-state index in [9.17, 15) is 0 Å². The van der Waals surface area contributed by atoms with Gasteiger partial charge in [-0.15, -0.1) is 17.8 Å². The number of hydrogen-bond acceptors (Lipinski definition) is 1. The van der Waals surface area contributed by atoms with Crippen LogP contribution in [0.2, 0.25) is 5.02 Å². The molecule has 0 nitrogen and oxygen atoms in total. The molecule has 0 aliphatic heterocycles. The average Bonchev–Trinajstić information content (AvgIpc) is 2.65. The Morgan fingerprint density at radius 2 is 2.07 bits per heavy atom. The van der Waals surface area contributed by atoms with Crippen molar-refractivity contribution in [1.82, 2.24) is 0 Å². The number of terminal acetylenes is 1. The summed E-state index contributed by atoms with van der Waals surface area (Å²) in [6.45, 7) is 2.08. The van der Waals surface area contributed by atoms with Gasteiger partial charge in [-0.1, -0.05) is 17.5 Å². The highest BCUT2D eigenvalue weighted by Gasteiger charge is 2.06. The maximum atomic E-state index is 6.14. The molecule has 1 heterocycles. The van der Waals surface area contributed by atoms with Gasteiger partial charge in [-0.25, -0.2) is 0 Å². The Hall–Kier alpha value is -1.23. The predicted molar refractivity (Wildman–Crippen MR) is 67.4 cm³/mol. The molecule has 0 saturated heterocycles. The summed E-state index contributed by atoms with van der Waals surface area (Å²) in [5.41, 5.74) is 1.88. The monoisotopic (exact) mass is 232 g/mol. The van der Waals surface area contributed by atoms with Crippen LogP contribution in [0.1, 0.15) is 10.4 Å². The van der Waals surface area contributed by atoms with Crippen LogP contribution in [0.4, 0.5) is 0 Å². The van der Waals surface area contributed by atoms with Gasteiger partial charge in [-0.2, -0.15) is 0 Å². The standard InChI is InChI=1S/C13H9ClS/c1-3-10-5-6-12(14)11(8-10)13-7-4-9(2)15-13/h1,4-8H,2H3. The van der Waals surface area contributed by atoms with Crippen molar-refractivity contribution in [2.24, 2.45) is 0 Å². The third-order valence-corrected chi connectivity index (χ3v) is 3.50. The topological polar surface area (TPSA) is 0 Å². The van der Waals surface area contributed by atoms with E-state index in [1.807, 2.05) is 18.2 Å². The zero-order valence-electron chi connectivity index (χ0n) is 8.25. The summed E-state index contributed by atoms with van der Waals surface area (Å²) in [4.78, 5) is 2.43. The lowest BCUT2D eigenvalue weighted by Crippen LogP contribution is -1.78. The molecule has 0 radical (unpaired) electrons. The van der Waals surface area contributed by atoms with Crippen LogP contribution < -0.4 is 0 Å². The number of hydrogen-bond donors (Lipinski definition) is 0. The summed E-state index contributed by atoms with van der Waals surface area (Å²) >= 11 is 7.86. The molecule has 0 bridgehead atoms. The minimum Gasteiger partial charge on any atom is -0.141 e. The first-order valence-corrected chi connectivity index (χ1v) is 5.73. The first-order valence-electron chi connectivity index (χ1n) is 4.53. The highest BCUT2D eigenvalue weighted by molar-refractivity contribution is 7.15. The van der Waals surface area contributed by atoms with Crippen LogP contribution in [0.5, 0.6) is 0 Å². The van der Waals surface area contributed by atoms with Crippen LogP contribution >= 0.6 is 22.9 Å². The van der Waals surface area contributed by atoms with Gasteiger partial charge in [0.25, 0.3) is 0 Å². The maximum Gasteiger partial charge on any atom is 0.0493 e. The lowest BCUT2D eigenvalue weighted by atomic mass is 10.1. The molecule has 2 rings (SSSR count). The van der Waals surface area contributed by atoms with E-state index in [1.54, 1.807) is 11.3 Å². The minimum atomic E-state index is 0.746. The molecule has 2 heteroatoms. The molecule has 1 aromatic heterocycles. The van der Waals surface area contributed by atoms with Gasteiger partial charge in [0.15, 0.2) is 0 Å². The molecular weight excluding hydrogens is 224 g/mol. The molecule has 0 atom stereocenters. The number of thiophene rings is 1. The predicted octanol–water partition coefficient (Wildman–Crippen LogP) is 4.36. The molecule has 0 aliphatic carbocycles. The molecule has 0 fully saturated rings. The van der Waals surface area contributed by atoms with Crippen molar-refractivity contribution < 1.29 is 0 Å². The molecule has 2 aromatic rings. The van der Waals surface area contributed by atoms with E-state index in [0.717, 1.165) is 21.0 Å². The second-order valence-electron chi connectivity index (χ2n) is 3.25. The fourth-order valence-electron chi connectivity index (χ4n) is 1.38. The zero-order chi connectivity index (χ0) is 10.8. The third-order valence-electron chi connectivity index (χ3n) is 2.14. The lowest BCUT2D eigenvalue weighted by Gasteiger charge is -2.01. The highest BCUT2D eigenvalue weighted by atomic mass is 35.5. The summed E-state index contributed by atoms with van der Waals surface area (Å²) in [6.07, 6.45) is 5.36. The van der Waals surface area contributed by atoms with E-state index in [0.29, 0.717) is 0 Å². The molecule has 74 valence electrons. The van der Waals surface area contributed by atoms with Crippen molar-refractivity contribution in [3.63, 3.8) is 0 Å². The second-order valence-corrected chi connectivity index (χ2v) is 4.94. The van der Waals surface area contributed by atoms with Crippen LogP contribution in [0.15, 0.2) is 30.3 Å². The fourth-order valence-corrected chi connectivity index (χ4v) is 2.56. The number of benzene rings is 1. The Balaban J connectivity index is 2.57. The van der Waals surface area contributed by atoms with E-state index >= 15 is 0 Å². The summed E-state index contributed by atoms with van der Waals surface area (Å²) < 4.78 is 0. The summed E-state index contributed by atoms with van der Waals surface area (Å²) in [5.74, 6) is 2.62. The molecule has 0 unspecified atom stereocenters. The minimum absolute atomic E-state index is 0.746. The third kappa shape index (κ3) is 2.07. The van der Waals surface area contributed by atoms with Gasteiger partial charge < -0.3 is 0 Å². The van der Waals surface area contributed by atoms with E-state index < -0.39 is 0 Å². The quantitative estimate of drug-likeness (QED) is 0.641. The fraction of sp³-hybridized carbons (Fsp3) is 0.0769. The van der Waals surface area contributed by atoms with Gasteiger partial charge in [-0.05, 0) is 37.3 Å². The van der Waals surface area contributed by atoms with Crippen LogP contribution in [0.25, 0.3) is 10.4 Å². The lowest BCUT2D eigenvalue weighted by molar-refractivity contribution is 1.63. The van der Waals surface area contributed by atoms with E-state index in [2.05, 4.69) is 25.0 Å². The Kier molecular flexibility index (Phi) is 2.81. The van der Waals surface area contributed by atoms with Crippen LogP contribution in [-0.4, -0.2) is 0 Å². The van der Waals surface area contributed by atoms with Crippen LogP contribution in [0.3, 0.4) is 0 Å². The Labute approximate surface area is 98.5 Å². The molecule has 0 saturated carbocycles. The van der Waals surface area contributed by atoms with Crippen molar-refractivity contribution in [2.45, 2.75) is 6.92 Å². The Morgan fingerprint density at radius 3 is 2.67 bits per heavy atom. The molecule has 0 aliphatic rings. The van der Waals surface area contributed by atoms with Crippen molar-refractivity contribution in [2.75, 3.05) is 0 Å². The van der Waals surface area contributed by atoms with Crippen molar-refractivity contribution in [1.29, 1.82) is 0 Å². The van der Waals surface area contributed by atoms with Crippen molar-refractivity contribution in [3.8, 4) is 22.8 Å². The Bertz CT molecular complexity index is 532. The van der Waals surface area contributed by atoms with Crippen LogP contribution in [0, 0.1) is 19.3 Å². The maximum absolute atomic E-state index is 6.14. The average molecular weight is 233 g/mol. The SMILES string of the molecule is C#Cc1ccc(Cl)c(-c2ccc(C)s2)c1. The summed E-state index contributed by atoms with van der Waals surface area (Å²) in [5, 5.41) is 0.746. The number of halogens is 1. The van der Waals surface area contributed by atoms with E-state index in [-0.39, 0.29) is 0 Å². The molecule has 15 heavy (non-hydrogen) atoms. The molecule has 1 aromatic carbocycles. The van der Waals surface area contributed by atoms with Gasteiger partial charge in [0.05, 0.1) is 0 Å². The van der Waals surface area contributed by atoms with Crippen molar-refractivity contribution >= 4 is 22.9 Å². The Morgan fingerprint density at radius 1 is 1.27 bits per heavy atom. The molecule has 0 spiro atoms. The smallest absolute Gasteiger partial charge is 0.0493 e. The highest BCUT2D eigenvalue weighted by Crippen LogP contribution is 2.33. The van der Waals surface area contributed by atoms with Gasteiger partial charge in [0, 0.05) is 25.9 Å². The molecular formula is C13H9ClS. The van der Waals surface area contributed by atoms with E-state index in [4.69, 9.17) is 18.0 Å². The molecule has 0 N–H and O–H groups in total. The number of rotatable bonds is 1. The normalized spacial score (nSPS) is 9.93. The first kappa shape index (κ1) is 10.3. The van der Waals surface area contributed by atoms with Gasteiger partial charge >= 0.3 is 0 Å². The van der Waals surface area contributed by atoms with Crippen molar-refractivity contribution in [3.05, 3.63) is 45.8 Å². The largest absolute Gasteiger partial charge is 0.141 e. The molecule has 0 amide bonds.